The summed E-state index contributed by atoms with van der Waals surface area (Å²) >= 11 is 0. The van der Waals surface area contributed by atoms with Crippen LogP contribution in [0.15, 0.2) is 47.0 Å². The number of ether oxygens (including phenoxy) is 1. The van der Waals surface area contributed by atoms with Gasteiger partial charge in [0.1, 0.15) is 0 Å². The highest BCUT2D eigenvalue weighted by atomic mass is 16.5. The average Bonchev–Trinajstić information content (AvgIpc) is 2.38. The molecule has 0 aromatic heterocycles. The van der Waals surface area contributed by atoms with Crippen LogP contribution in [0.3, 0.4) is 0 Å². The normalized spacial score (nSPS) is 18.4. The van der Waals surface area contributed by atoms with Crippen LogP contribution in [0.1, 0.15) is 24.9 Å². The summed E-state index contributed by atoms with van der Waals surface area (Å²) in [5.41, 5.74) is 2.44. The number of benzene rings is 1. The highest BCUT2D eigenvalue weighted by Gasteiger charge is 2.03. The summed E-state index contributed by atoms with van der Waals surface area (Å²) in [4.78, 5) is 4.54. The topological polar surface area (TPSA) is 21.6 Å². The summed E-state index contributed by atoms with van der Waals surface area (Å²) in [7, 11) is 0. The van der Waals surface area contributed by atoms with Gasteiger partial charge in [0, 0.05) is 6.21 Å². The first-order valence-electron chi connectivity index (χ1n) is 5.71. The van der Waals surface area contributed by atoms with Crippen LogP contribution < -0.4 is 0 Å². The van der Waals surface area contributed by atoms with Crippen LogP contribution >= 0.6 is 0 Å². The summed E-state index contributed by atoms with van der Waals surface area (Å²) in [5, 5.41) is 0. The zero-order valence-corrected chi connectivity index (χ0v) is 9.60. The number of rotatable bonds is 3. The van der Waals surface area contributed by atoms with Gasteiger partial charge in [0.2, 0.25) is 0 Å². The Hall–Kier alpha value is -1.41. The standard InChI is InChI=1S/C14H17NO/c1-12(14-7-3-2-4-8-14)15-10-13-6-5-9-16-11-13/h2-4,6-8,10,12H,5,9,11H2,1H3. The highest BCUT2D eigenvalue weighted by Crippen LogP contribution is 2.16. The Balaban J connectivity index is 1.99. The van der Waals surface area contributed by atoms with Gasteiger partial charge in [-0.3, -0.25) is 4.99 Å². The molecule has 0 saturated heterocycles. The second-order valence-electron chi connectivity index (χ2n) is 3.99. The summed E-state index contributed by atoms with van der Waals surface area (Å²) in [6, 6.07) is 10.5. The predicted molar refractivity (Wildman–Crippen MR) is 66.9 cm³/mol. The van der Waals surface area contributed by atoms with Crippen LogP contribution in [0.4, 0.5) is 0 Å². The Morgan fingerprint density at radius 1 is 1.31 bits per heavy atom. The van der Waals surface area contributed by atoms with Crippen molar-refractivity contribution >= 4 is 6.21 Å². The van der Waals surface area contributed by atoms with Gasteiger partial charge in [-0.1, -0.05) is 36.4 Å². The van der Waals surface area contributed by atoms with Crippen molar-refractivity contribution < 1.29 is 4.74 Å². The smallest absolute Gasteiger partial charge is 0.0728 e. The molecule has 0 spiro atoms. The predicted octanol–water partition coefficient (Wildman–Crippen LogP) is 3.17. The van der Waals surface area contributed by atoms with Gasteiger partial charge >= 0.3 is 0 Å². The maximum absolute atomic E-state index is 5.36. The maximum atomic E-state index is 5.36. The molecule has 16 heavy (non-hydrogen) atoms. The van der Waals surface area contributed by atoms with Gasteiger partial charge in [0.25, 0.3) is 0 Å². The Kier molecular flexibility index (Phi) is 3.89. The van der Waals surface area contributed by atoms with Gasteiger partial charge in [0.05, 0.1) is 19.3 Å². The second-order valence-corrected chi connectivity index (χ2v) is 3.99. The zero-order chi connectivity index (χ0) is 11.2. The molecule has 0 fully saturated rings. The molecule has 0 aliphatic carbocycles. The molecule has 1 atom stereocenters. The number of nitrogens with zero attached hydrogens (tertiary/aromatic N) is 1. The molecule has 0 bridgehead atoms. The number of hydrogen-bond donors (Lipinski definition) is 0. The Morgan fingerprint density at radius 3 is 2.81 bits per heavy atom. The molecule has 1 aliphatic heterocycles. The second kappa shape index (κ2) is 5.61. The van der Waals surface area contributed by atoms with Gasteiger partial charge in [-0.25, -0.2) is 0 Å². The van der Waals surface area contributed by atoms with Crippen LogP contribution in [0.2, 0.25) is 0 Å². The van der Waals surface area contributed by atoms with E-state index >= 15 is 0 Å². The van der Waals surface area contributed by atoms with Crippen molar-refractivity contribution in [3.63, 3.8) is 0 Å². The Bertz CT molecular complexity index is 381. The van der Waals surface area contributed by atoms with E-state index in [-0.39, 0.29) is 6.04 Å². The van der Waals surface area contributed by atoms with Crippen molar-refractivity contribution in [3.05, 3.63) is 47.5 Å². The first-order valence-corrected chi connectivity index (χ1v) is 5.71. The fraction of sp³-hybridized carbons (Fsp3) is 0.357. The van der Waals surface area contributed by atoms with Gasteiger partial charge in [-0.15, -0.1) is 0 Å². The Morgan fingerprint density at radius 2 is 2.12 bits per heavy atom. The molecule has 84 valence electrons. The fourth-order valence-electron chi connectivity index (χ4n) is 1.69. The minimum absolute atomic E-state index is 0.212. The molecule has 0 radical (unpaired) electrons. The third-order valence-electron chi connectivity index (χ3n) is 2.68. The average molecular weight is 215 g/mol. The van der Waals surface area contributed by atoms with Crippen LogP contribution in [-0.2, 0) is 4.74 Å². The molecule has 2 nitrogen and oxygen atoms in total. The van der Waals surface area contributed by atoms with E-state index in [0.717, 1.165) is 13.0 Å². The largest absolute Gasteiger partial charge is 0.376 e. The third kappa shape index (κ3) is 3.04. The quantitative estimate of drug-likeness (QED) is 0.710. The summed E-state index contributed by atoms with van der Waals surface area (Å²) in [6.07, 6.45) is 5.14. The molecule has 1 unspecified atom stereocenters. The SMILES string of the molecule is CC(N=CC1=CCCOC1)c1ccccc1. The van der Waals surface area contributed by atoms with E-state index in [0.29, 0.717) is 6.61 Å². The molecule has 1 aromatic rings. The van der Waals surface area contributed by atoms with E-state index in [1.165, 1.54) is 11.1 Å². The summed E-state index contributed by atoms with van der Waals surface area (Å²) in [6.45, 7) is 3.65. The lowest BCUT2D eigenvalue weighted by atomic mass is 10.1. The Labute approximate surface area is 96.7 Å². The van der Waals surface area contributed by atoms with Gasteiger partial charge in [0.15, 0.2) is 0 Å². The van der Waals surface area contributed by atoms with Crippen molar-refractivity contribution in [1.82, 2.24) is 0 Å². The van der Waals surface area contributed by atoms with Crippen LogP contribution in [0.5, 0.6) is 0 Å². The van der Waals surface area contributed by atoms with Crippen molar-refractivity contribution in [2.45, 2.75) is 19.4 Å². The van der Waals surface area contributed by atoms with Crippen molar-refractivity contribution in [1.29, 1.82) is 0 Å². The monoisotopic (exact) mass is 215 g/mol. The van der Waals surface area contributed by atoms with Crippen LogP contribution in [-0.4, -0.2) is 19.4 Å². The third-order valence-corrected chi connectivity index (χ3v) is 2.68. The minimum atomic E-state index is 0.212. The first kappa shape index (κ1) is 11.1. The van der Waals surface area contributed by atoms with E-state index in [1.807, 2.05) is 24.4 Å². The first-order chi connectivity index (χ1) is 7.86. The van der Waals surface area contributed by atoms with E-state index in [1.54, 1.807) is 0 Å². The summed E-state index contributed by atoms with van der Waals surface area (Å²) in [5.74, 6) is 0. The van der Waals surface area contributed by atoms with Gasteiger partial charge in [-0.2, -0.15) is 0 Å². The van der Waals surface area contributed by atoms with Gasteiger partial charge in [-0.05, 0) is 24.5 Å². The molecule has 1 heterocycles. The molecule has 0 amide bonds. The lowest BCUT2D eigenvalue weighted by Crippen LogP contribution is -2.07. The zero-order valence-electron chi connectivity index (χ0n) is 9.60. The summed E-state index contributed by atoms with van der Waals surface area (Å²) < 4.78 is 5.36. The molecule has 2 heteroatoms. The number of aliphatic imine (C=N–C) groups is 1. The number of hydrogen-bond acceptors (Lipinski definition) is 2. The molecule has 0 saturated carbocycles. The molecular formula is C14H17NO. The fourth-order valence-corrected chi connectivity index (χ4v) is 1.69. The van der Waals surface area contributed by atoms with E-state index < -0.39 is 0 Å². The van der Waals surface area contributed by atoms with E-state index in [2.05, 4.69) is 30.1 Å². The molecule has 0 N–H and O–H groups in total. The van der Waals surface area contributed by atoms with E-state index in [4.69, 9.17) is 4.74 Å². The molecule has 2 rings (SSSR count). The molecular weight excluding hydrogens is 198 g/mol. The van der Waals surface area contributed by atoms with Crippen molar-refractivity contribution in [3.8, 4) is 0 Å². The lowest BCUT2D eigenvalue weighted by Gasteiger charge is -2.11. The van der Waals surface area contributed by atoms with Crippen molar-refractivity contribution in [2.24, 2.45) is 4.99 Å². The van der Waals surface area contributed by atoms with Gasteiger partial charge < -0.3 is 4.74 Å². The maximum Gasteiger partial charge on any atom is 0.0728 e. The van der Waals surface area contributed by atoms with Crippen LogP contribution in [0.25, 0.3) is 0 Å². The van der Waals surface area contributed by atoms with Crippen LogP contribution in [0, 0.1) is 0 Å². The minimum Gasteiger partial charge on any atom is -0.376 e. The van der Waals surface area contributed by atoms with E-state index in [9.17, 15) is 0 Å². The lowest BCUT2D eigenvalue weighted by molar-refractivity contribution is 0.155. The molecule has 1 aromatic carbocycles. The molecule has 1 aliphatic rings. The highest BCUT2D eigenvalue weighted by molar-refractivity contribution is 5.79. The van der Waals surface area contributed by atoms with Crippen molar-refractivity contribution in [2.75, 3.05) is 13.2 Å².